The number of fused-ring (bicyclic) bond motifs is 1. The van der Waals surface area contributed by atoms with Gasteiger partial charge in [0.15, 0.2) is 5.82 Å². The topological polar surface area (TPSA) is 49.3 Å². The lowest BCUT2D eigenvalue weighted by Crippen LogP contribution is -2.38. The molecule has 0 N–H and O–H groups in total. The number of aromatic nitrogens is 2. The van der Waals surface area contributed by atoms with E-state index in [-0.39, 0.29) is 11.9 Å². The van der Waals surface area contributed by atoms with Crippen LogP contribution in [0.15, 0.2) is 54.6 Å². The van der Waals surface area contributed by atoms with Crippen LogP contribution in [0.1, 0.15) is 73.6 Å². The van der Waals surface area contributed by atoms with E-state index in [0.29, 0.717) is 13.1 Å². The van der Waals surface area contributed by atoms with E-state index in [1.165, 1.54) is 31.2 Å². The number of benzene rings is 2. The van der Waals surface area contributed by atoms with Crippen LogP contribution in [0, 0.1) is 0 Å². The van der Waals surface area contributed by atoms with Crippen LogP contribution >= 0.6 is 0 Å². The second-order valence-corrected chi connectivity index (χ2v) is 9.85. The van der Waals surface area contributed by atoms with Gasteiger partial charge >= 0.3 is 0 Å². The highest BCUT2D eigenvalue weighted by Gasteiger charge is 2.28. The van der Waals surface area contributed by atoms with Crippen LogP contribution in [0.4, 0.5) is 5.82 Å². The normalized spacial score (nSPS) is 13.1. The van der Waals surface area contributed by atoms with E-state index < -0.39 is 0 Å². The molecule has 0 saturated carbocycles. The summed E-state index contributed by atoms with van der Waals surface area (Å²) in [5.74, 6) is 1.75. The molecule has 0 atom stereocenters. The Morgan fingerprint density at radius 1 is 1.00 bits per heavy atom. The number of rotatable bonds is 9. The summed E-state index contributed by atoms with van der Waals surface area (Å²) in [6, 6.07) is 18.6. The average Bonchev–Trinajstić information content (AvgIpc) is 2.90. The molecular weight excluding hydrogens is 432 g/mol. The van der Waals surface area contributed by atoms with Gasteiger partial charge in [0.2, 0.25) is 0 Å². The number of aryl methyl sites for hydroxylation is 1. The molecule has 184 valence electrons. The van der Waals surface area contributed by atoms with Gasteiger partial charge in [-0.3, -0.25) is 4.79 Å². The molecule has 1 aliphatic rings. The van der Waals surface area contributed by atoms with Gasteiger partial charge in [0.1, 0.15) is 5.82 Å². The minimum atomic E-state index is 0.0819. The summed E-state index contributed by atoms with van der Waals surface area (Å²) in [6.07, 6.45) is 6.83. The predicted molar refractivity (Wildman–Crippen MR) is 144 cm³/mol. The van der Waals surface area contributed by atoms with Gasteiger partial charge in [-0.25, -0.2) is 9.97 Å². The molecule has 0 bridgehead atoms. The largest absolute Gasteiger partial charge is 0.357 e. The van der Waals surface area contributed by atoms with Crippen molar-refractivity contribution in [1.82, 2.24) is 14.9 Å². The van der Waals surface area contributed by atoms with E-state index in [1.54, 1.807) is 0 Å². The number of hydrogen-bond acceptors (Lipinski definition) is 4. The fourth-order valence-corrected chi connectivity index (χ4v) is 4.58. The lowest BCUT2D eigenvalue weighted by atomic mass is 10.0. The van der Waals surface area contributed by atoms with Crippen molar-refractivity contribution >= 4 is 11.7 Å². The quantitative estimate of drug-likeness (QED) is 0.344. The maximum atomic E-state index is 13.4. The molecule has 5 heteroatoms. The fraction of sp³-hybridized carbons (Fsp3) is 0.433. The van der Waals surface area contributed by atoms with E-state index >= 15 is 0 Å². The first kappa shape index (κ1) is 24.9. The second-order valence-electron chi connectivity index (χ2n) is 9.85. The Hall–Kier alpha value is -3.21. The van der Waals surface area contributed by atoms with Gasteiger partial charge in [-0.2, -0.15) is 0 Å². The van der Waals surface area contributed by atoms with Crippen molar-refractivity contribution in [3.63, 3.8) is 0 Å². The molecule has 4 rings (SSSR count). The molecule has 0 aliphatic carbocycles. The van der Waals surface area contributed by atoms with E-state index in [9.17, 15) is 4.79 Å². The highest BCUT2D eigenvalue weighted by molar-refractivity contribution is 5.94. The Balaban J connectivity index is 1.55. The summed E-state index contributed by atoms with van der Waals surface area (Å²) in [4.78, 5) is 27.4. The van der Waals surface area contributed by atoms with E-state index in [1.807, 2.05) is 47.4 Å². The van der Waals surface area contributed by atoms with Crippen LogP contribution in [0.3, 0.4) is 0 Å². The van der Waals surface area contributed by atoms with Gasteiger partial charge < -0.3 is 9.80 Å². The fourth-order valence-electron chi connectivity index (χ4n) is 4.58. The zero-order valence-electron chi connectivity index (χ0n) is 21.6. The number of nitrogens with zero attached hydrogens (tertiary/aromatic N) is 4. The summed E-state index contributed by atoms with van der Waals surface area (Å²) in [7, 11) is 2.07. The third-order valence-corrected chi connectivity index (χ3v) is 6.99. The standard InChI is InChI=1S/C30H38N4O/c1-5-6-7-9-12-23-15-17-25(18-16-23)30(35)34-20-19-27-26(21-34)29(33(4)22(2)3)32-28(31-27)24-13-10-8-11-14-24/h8,10-11,13-18,22H,5-7,9,12,19-21H2,1-4H3. The molecule has 5 nitrogen and oxygen atoms in total. The summed E-state index contributed by atoms with van der Waals surface area (Å²) in [5.41, 5.74) is 5.19. The number of unbranched alkanes of at least 4 members (excludes halogenated alkanes) is 3. The Morgan fingerprint density at radius 3 is 2.43 bits per heavy atom. The smallest absolute Gasteiger partial charge is 0.254 e. The number of amides is 1. The van der Waals surface area contributed by atoms with Crippen molar-refractivity contribution in [1.29, 1.82) is 0 Å². The molecule has 35 heavy (non-hydrogen) atoms. The SMILES string of the molecule is CCCCCCc1ccc(C(=O)N2CCc3nc(-c4ccccc4)nc(N(C)C(C)C)c3C2)cc1. The lowest BCUT2D eigenvalue weighted by molar-refractivity contribution is 0.0733. The molecule has 2 heterocycles. The third-order valence-electron chi connectivity index (χ3n) is 6.99. The first-order valence-corrected chi connectivity index (χ1v) is 13.0. The van der Waals surface area contributed by atoms with Crippen LogP contribution < -0.4 is 4.90 Å². The van der Waals surface area contributed by atoms with Crippen LogP contribution in [-0.4, -0.2) is 40.4 Å². The van der Waals surface area contributed by atoms with Gasteiger partial charge in [-0.05, 0) is 44.4 Å². The molecule has 0 spiro atoms. The predicted octanol–water partition coefficient (Wildman–Crippen LogP) is 6.31. The number of carbonyl (C=O) groups excluding carboxylic acids is 1. The molecule has 0 radical (unpaired) electrons. The second kappa shape index (κ2) is 11.5. The van der Waals surface area contributed by atoms with Crippen molar-refractivity contribution in [2.45, 2.75) is 71.9 Å². The highest BCUT2D eigenvalue weighted by atomic mass is 16.2. The van der Waals surface area contributed by atoms with Crippen LogP contribution in [0.25, 0.3) is 11.4 Å². The highest BCUT2D eigenvalue weighted by Crippen LogP contribution is 2.30. The molecule has 0 fully saturated rings. The maximum Gasteiger partial charge on any atom is 0.254 e. The maximum absolute atomic E-state index is 13.4. The first-order chi connectivity index (χ1) is 17.0. The van der Waals surface area contributed by atoms with Crippen molar-refractivity contribution in [2.75, 3.05) is 18.5 Å². The Kier molecular flexibility index (Phi) is 8.17. The Morgan fingerprint density at radius 2 is 1.74 bits per heavy atom. The number of carbonyl (C=O) groups is 1. The lowest BCUT2D eigenvalue weighted by Gasteiger charge is -2.33. The van der Waals surface area contributed by atoms with Crippen LogP contribution in [-0.2, 0) is 19.4 Å². The summed E-state index contributed by atoms with van der Waals surface area (Å²) >= 11 is 0. The zero-order valence-corrected chi connectivity index (χ0v) is 21.6. The number of anilines is 1. The Labute approximate surface area is 210 Å². The van der Waals surface area contributed by atoms with Gasteiger partial charge in [0.25, 0.3) is 5.91 Å². The van der Waals surface area contributed by atoms with E-state index in [2.05, 4.69) is 44.9 Å². The molecule has 3 aromatic rings. The molecule has 1 aliphatic heterocycles. The van der Waals surface area contributed by atoms with Crippen molar-refractivity contribution in [2.24, 2.45) is 0 Å². The molecule has 0 unspecified atom stereocenters. The van der Waals surface area contributed by atoms with E-state index in [0.717, 1.165) is 46.9 Å². The van der Waals surface area contributed by atoms with Crippen LogP contribution in [0.2, 0.25) is 0 Å². The first-order valence-electron chi connectivity index (χ1n) is 13.0. The molecule has 0 saturated heterocycles. The van der Waals surface area contributed by atoms with Crippen molar-refractivity contribution < 1.29 is 4.79 Å². The van der Waals surface area contributed by atoms with Crippen molar-refractivity contribution in [3.05, 3.63) is 77.0 Å². The Bertz CT molecular complexity index is 1130. The summed E-state index contributed by atoms with van der Waals surface area (Å²) in [5, 5.41) is 0. The van der Waals surface area contributed by atoms with Gasteiger partial charge in [0.05, 0.1) is 12.2 Å². The monoisotopic (exact) mass is 470 g/mol. The summed E-state index contributed by atoms with van der Waals surface area (Å²) in [6.45, 7) is 7.76. The molecule has 1 aromatic heterocycles. The average molecular weight is 471 g/mol. The minimum absolute atomic E-state index is 0.0819. The third kappa shape index (κ3) is 5.90. The number of hydrogen-bond donors (Lipinski definition) is 0. The molecular formula is C30H38N4O. The van der Waals surface area contributed by atoms with Crippen molar-refractivity contribution in [3.8, 4) is 11.4 Å². The minimum Gasteiger partial charge on any atom is -0.357 e. The van der Waals surface area contributed by atoms with Gasteiger partial charge in [0, 0.05) is 42.7 Å². The summed E-state index contributed by atoms with van der Waals surface area (Å²) < 4.78 is 0. The van der Waals surface area contributed by atoms with Gasteiger partial charge in [-0.1, -0.05) is 68.7 Å². The molecule has 2 aromatic carbocycles. The van der Waals surface area contributed by atoms with Crippen LogP contribution in [0.5, 0.6) is 0 Å². The van der Waals surface area contributed by atoms with Gasteiger partial charge in [-0.15, -0.1) is 0 Å². The zero-order chi connectivity index (χ0) is 24.8. The molecule has 1 amide bonds. The van der Waals surface area contributed by atoms with E-state index in [4.69, 9.17) is 9.97 Å².